The predicted octanol–water partition coefficient (Wildman–Crippen LogP) is 3.47. The first-order chi connectivity index (χ1) is 11.4. The third kappa shape index (κ3) is 1.48. The molecular formula is C20H27NO3. The smallest absolute Gasteiger partial charge is 0.146 e. The van der Waals surface area contributed by atoms with E-state index >= 15 is 0 Å². The summed E-state index contributed by atoms with van der Waals surface area (Å²) in [5.41, 5.74) is 0.336. The first kappa shape index (κ1) is 15.2. The maximum Gasteiger partial charge on any atom is 0.146 e. The van der Waals surface area contributed by atoms with Gasteiger partial charge in [-0.05, 0) is 68.1 Å². The van der Waals surface area contributed by atoms with Crippen LogP contribution in [-0.2, 0) is 4.74 Å². The first-order valence-electron chi connectivity index (χ1n) is 9.55. The Morgan fingerprint density at radius 3 is 2.67 bits per heavy atom. The summed E-state index contributed by atoms with van der Waals surface area (Å²) < 4.78 is 6.11. The van der Waals surface area contributed by atoms with Gasteiger partial charge >= 0.3 is 0 Å². The number of hydrogen-bond donors (Lipinski definition) is 2. The third-order valence-electron chi connectivity index (χ3n) is 8.95. The largest absolute Gasteiger partial charge is 0.508 e. The molecule has 0 aromatic heterocycles. The molecule has 1 heterocycles. The van der Waals surface area contributed by atoms with E-state index in [1.165, 1.54) is 0 Å². The number of ether oxygens (including phenoxy) is 1. The number of hydrogen-bond acceptors (Lipinski definition) is 4. The average Bonchev–Trinajstić information content (AvgIpc) is 3.23. The topological polar surface area (TPSA) is 76.8 Å². The summed E-state index contributed by atoms with van der Waals surface area (Å²) in [7, 11) is 0. The van der Waals surface area contributed by atoms with E-state index in [0.29, 0.717) is 29.7 Å². The molecule has 5 aliphatic rings. The second-order valence-corrected chi connectivity index (χ2v) is 9.51. The third-order valence-corrected chi connectivity index (χ3v) is 8.95. The van der Waals surface area contributed by atoms with Crippen LogP contribution in [0.4, 0.5) is 0 Å². The van der Waals surface area contributed by atoms with Crippen LogP contribution >= 0.6 is 0 Å². The fourth-order valence-electron chi connectivity index (χ4n) is 7.50. The molecule has 4 aliphatic carbocycles. The highest BCUT2D eigenvalue weighted by Gasteiger charge is 2.76. The number of aliphatic hydroxyl groups is 2. The molecule has 0 amide bonds. The number of fused-ring (bicyclic) bond motifs is 4. The van der Waals surface area contributed by atoms with E-state index in [4.69, 9.17) is 4.74 Å². The van der Waals surface area contributed by atoms with Gasteiger partial charge in [-0.15, -0.1) is 0 Å². The Morgan fingerprint density at radius 2 is 1.92 bits per heavy atom. The van der Waals surface area contributed by atoms with Crippen LogP contribution in [0.25, 0.3) is 0 Å². The van der Waals surface area contributed by atoms with Gasteiger partial charge in [-0.1, -0.05) is 13.8 Å². The molecule has 4 heteroatoms. The molecule has 1 aliphatic heterocycles. The van der Waals surface area contributed by atoms with Gasteiger partial charge in [-0.3, -0.25) is 0 Å². The molecule has 8 atom stereocenters. The predicted molar refractivity (Wildman–Crippen MR) is 87.9 cm³/mol. The SMILES string of the molecule is C[C@]12CC[C@@H]3[C@@H](CC[C@@]45O[C@@H]4C(O)=C(C#N)C[C@]35C)[C@@H]1CC[C@H]2O. The van der Waals surface area contributed by atoms with Crippen molar-refractivity contribution in [1.82, 2.24) is 0 Å². The minimum absolute atomic E-state index is 0.0489. The highest BCUT2D eigenvalue weighted by atomic mass is 16.6. The summed E-state index contributed by atoms with van der Waals surface area (Å²) in [4.78, 5) is 0. The van der Waals surface area contributed by atoms with E-state index in [9.17, 15) is 15.5 Å². The van der Waals surface area contributed by atoms with Crippen LogP contribution in [0.3, 0.4) is 0 Å². The van der Waals surface area contributed by atoms with E-state index in [0.717, 1.165) is 38.5 Å². The summed E-state index contributed by atoms with van der Waals surface area (Å²) in [5, 5.41) is 30.4. The highest BCUT2D eigenvalue weighted by Crippen LogP contribution is 2.73. The van der Waals surface area contributed by atoms with Crippen molar-refractivity contribution in [3.63, 3.8) is 0 Å². The Hall–Kier alpha value is -1.05. The van der Waals surface area contributed by atoms with E-state index in [2.05, 4.69) is 19.9 Å². The zero-order valence-corrected chi connectivity index (χ0v) is 14.6. The van der Waals surface area contributed by atoms with Gasteiger partial charge in [0, 0.05) is 5.41 Å². The van der Waals surface area contributed by atoms with Gasteiger partial charge in [0.2, 0.25) is 0 Å². The second kappa shape index (κ2) is 4.37. The number of epoxide rings is 1. The Kier molecular flexibility index (Phi) is 2.77. The van der Waals surface area contributed by atoms with Gasteiger partial charge in [0.1, 0.15) is 17.5 Å². The van der Waals surface area contributed by atoms with Crippen LogP contribution in [0.1, 0.15) is 58.8 Å². The lowest BCUT2D eigenvalue weighted by Crippen LogP contribution is -2.57. The number of nitriles is 1. The zero-order valence-electron chi connectivity index (χ0n) is 14.6. The van der Waals surface area contributed by atoms with Crippen molar-refractivity contribution >= 4 is 0 Å². The van der Waals surface area contributed by atoms with Crippen LogP contribution in [-0.4, -0.2) is 28.0 Å². The normalized spacial score (nSPS) is 58.2. The molecule has 24 heavy (non-hydrogen) atoms. The molecular weight excluding hydrogens is 302 g/mol. The molecule has 0 unspecified atom stereocenters. The van der Waals surface area contributed by atoms with Crippen molar-refractivity contribution in [1.29, 1.82) is 5.26 Å². The van der Waals surface area contributed by atoms with Crippen molar-refractivity contribution in [3.05, 3.63) is 11.3 Å². The van der Waals surface area contributed by atoms with E-state index in [1.54, 1.807) is 0 Å². The van der Waals surface area contributed by atoms with Crippen molar-refractivity contribution < 1.29 is 14.9 Å². The van der Waals surface area contributed by atoms with E-state index in [1.807, 2.05) is 0 Å². The zero-order chi connectivity index (χ0) is 16.9. The van der Waals surface area contributed by atoms with Gasteiger partial charge < -0.3 is 14.9 Å². The number of allylic oxidation sites excluding steroid dienone is 1. The molecule has 5 rings (SSSR count). The molecule has 4 fully saturated rings. The van der Waals surface area contributed by atoms with E-state index < -0.39 is 0 Å². The molecule has 1 spiro atoms. The van der Waals surface area contributed by atoms with Crippen molar-refractivity contribution in [2.45, 2.75) is 76.6 Å². The molecule has 0 radical (unpaired) electrons. The molecule has 0 aromatic carbocycles. The second-order valence-electron chi connectivity index (χ2n) is 9.51. The molecule has 1 saturated heterocycles. The molecule has 130 valence electrons. The quantitative estimate of drug-likeness (QED) is 0.667. The Balaban J connectivity index is 1.55. The highest BCUT2D eigenvalue weighted by molar-refractivity contribution is 5.41. The standard InChI is InChI=1S/C20H27NO3/c1-18-7-6-14-12(13(18)3-4-15(18)22)5-8-20-17(24-20)16(23)11(10-21)9-19(14,20)2/h12-15,17,22-23H,3-9H2,1-2H3/t12-,13-,14+,15+,17+,18-,19+,20+/m0/s1. The minimum Gasteiger partial charge on any atom is -0.508 e. The summed E-state index contributed by atoms with van der Waals surface area (Å²) in [6.07, 6.45) is 6.65. The Morgan fingerprint density at radius 1 is 1.12 bits per heavy atom. The Bertz CT molecular complexity index is 681. The Labute approximate surface area is 143 Å². The minimum atomic E-state index is -0.241. The van der Waals surface area contributed by atoms with Gasteiger partial charge in [0.15, 0.2) is 0 Å². The van der Waals surface area contributed by atoms with Gasteiger partial charge in [0.05, 0.1) is 17.7 Å². The van der Waals surface area contributed by atoms with Crippen LogP contribution < -0.4 is 0 Å². The maximum absolute atomic E-state index is 10.5. The number of aliphatic hydroxyl groups excluding tert-OH is 2. The first-order valence-corrected chi connectivity index (χ1v) is 9.55. The summed E-state index contributed by atoms with van der Waals surface area (Å²) in [6, 6.07) is 2.23. The van der Waals surface area contributed by atoms with Crippen LogP contribution in [0.15, 0.2) is 11.3 Å². The van der Waals surface area contributed by atoms with Gasteiger partial charge in [-0.2, -0.15) is 5.26 Å². The number of nitrogens with zero attached hydrogens (tertiary/aromatic N) is 1. The van der Waals surface area contributed by atoms with Crippen LogP contribution in [0, 0.1) is 39.9 Å². The van der Waals surface area contributed by atoms with Crippen LogP contribution in [0.2, 0.25) is 0 Å². The average molecular weight is 329 g/mol. The fraction of sp³-hybridized carbons (Fsp3) is 0.850. The monoisotopic (exact) mass is 329 g/mol. The van der Waals surface area contributed by atoms with Crippen molar-refractivity contribution in [2.75, 3.05) is 0 Å². The summed E-state index contributed by atoms with van der Waals surface area (Å²) in [5.74, 6) is 1.96. The molecule has 3 saturated carbocycles. The number of rotatable bonds is 0. The fourth-order valence-corrected chi connectivity index (χ4v) is 7.50. The summed E-state index contributed by atoms with van der Waals surface area (Å²) in [6.45, 7) is 4.60. The lowest BCUT2D eigenvalue weighted by Gasteiger charge is -2.58. The van der Waals surface area contributed by atoms with E-state index in [-0.39, 0.29) is 34.4 Å². The van der Waals surface area contributed by atoms with Gasteiger partial charge in [0.25, 0.3) is 0 Å². The summed E-state index contributed by atoms with van der Waals surface area (Å²) >= 11 is 0. The lowest BCUT2D eigenvalue weighted by molar-refractivity contribution is -0.116. The maximum atomic E-state index is 10.5. The molecule has 0 aromatic rings. The molecule has 4 nitrogen and oxygen atoms in total. The lowest BCUT2D eigenvalue weighted by atomic mass is 9.45. The molecule has 2 N–H and O–H groups in total. The van der Waals surface area contributed by atoms with Crippen LogP contribution in [0.5, 0.6) is 0 Å². The van der Waals surface area contributed by atoms with Crippen molar-refractivity contribution in [2.24, 2.45) is 28.6 Å². The van der Waals surface area contributed by atoms with Crippen molar-refractivity contribution in [3.8, 4) is 6.07 Å². The molecule has 0 bridgehead atoms. The van der Waals surface area contributed by atoms with Gasteiger partial charge in [-0.25, -0.2) is 0 Å².